The van der Waals surface area contributed by atoms with Gasteiger partial charge in [0.15, 0.2) is 6.10 Å². The summed E-state index contributed by atoms with van der Waals surface area (Å²) in [4.78, 5) is 38.2. The van der Waals surface area contributed by atoms with Crippen molar-refractivity contribution in [1.29, 1.82) is 0 Å². The highest BCUT2D eigenvalue weighted by Gasteiger charge is 2.22. The molecule has 0 saturated carbocycles. The van der Waals surface area contributed by atoms with E-state index in [2.05, 4.69) is 74.6 Å². The van der Waals surface area contributed by atoms with Gasteiger partial charge in [0.2, 0.25) is 0 Å². The number of esters is 2. The van der Waals surface area contributed by atoms with Crippen molar-refractivity contribution < 1.29 is 42.1 Å². The van der Waals surface area contributed by atoms with Crippen LogP contribution in [0.5, 0.6) is 0 Å². The molecule has 2 atom stereocenters. The third-order valence-electron chi connectivity index (χ3n) is 18.6. The van der Waals surface area contributed by atoms with Crippen LogP contribution in [0.4, 0.5) is 0 Å². The minimum absolute atomic E-state index is 0.0277. The molecule has 0 N–H and O–H groups in total. The Balaban J connectivity index is 3.89. The van der Waals surface area contributed by atoms with Gasteiger partial charge in [0, 0.05) is 12.8 Å². The second-order valence-electron chi connectivity index (χ2n) is 29.1. The zero-order valence-corrected chi connectivity index (χ0v) is 64.1. The van der Waals surface area contributed by atoms with Crippen LogP contribution in [0.1, 0.15) is 412 Å². The van der Waals surface area contributed by atoms with Crippen LogP contribution < -0.4 is 4.89 Å². The first-order valence-electron chi connectivity index (χ1n) is 41.0. The standard InChI is InChI=1S/C84H158NO8P/c1-6-8-10-12-14-16-18-20-22-24-26-28-30-32-34-36-38-39-40-41-42-43-44-45-47-49-51-53-55-57-59-61-63-65-67-69-71-73-75-77-84(87)93-82(81-92-94(88,89)91-79-78-85(3,4)5)80-90-83(86)76-74-72-70-68-66-64-62-60-58-56-54-52-50-48-46-37-35-33-31-29-27-25-23-21-19-17-15-13-11-9-7-2/h8,10,14,16,20,22,26,28,32,34,82H,6-7,9,11-13,15,17-19,21,23-25,27,29-31,33,35-81H2,1-5H3/b10-8-,16-14-,22-20-,28-26-,34-32-. The Kier molecular flexibility index (Phi) is 73.1. The molecule has 0 bridgehead atoms. The predicted octanol–water partition coefficient (Wildman–Crippen LogP) is 26.7. The molecule has 10 heteroatoms. The van der Waals surface area contributed by atoms with E-state index in [-0.39, 0.29) is 32.0 Å². The number of phosphoric acid groups is 1. The summed E-state index contributed by atoms with van der Waals surface area (Å²) in [5, 5.41) is 0. The van der Waals surface area contributed by atoms with Crippen LogP contribution in [0.15, 0.2) is 60.8 Å². The summed E-state index contributed by atoms with van der Waals surface area (Å²) in [6.45, 7) is 4.21. The highest BCUT2D eigenvalue weighted by molar-refractivity contribution is 7.45. The molecule has 0 aliphatic carbocycles. The van der Waals surface area contributed by atoms with E-state index in [1.807, 2.05) is 21.1 Å². The van der Waals surface area contributed by atoms with Crippen molar-refractivity contribution in [2.45, 2.75) is 418 Å². The lowest BCUT2D eigenvalue weighted by atomic mass is 10.0. The van der Waals surface area contributed by atoms with E-state index < -0.39 is 26.5 Å². The lowest BCUT2D eigenvalue weighted by Crippen LogP contribution is -2.37. The number of ether oxygens (including phenoxy) is 2. The Bertz CT molecular complexity index is 1770. The van der Waals surface area contributed by atoms with Crippen molar-refractivity contribution in [3.05, 3.63) is 60.8 Å². The van der Waals surface area contributed by atoms with Gasteiger partial charge in [-0.15, -0.1) is 0 Å². The largest absolute Gasteiger partial charge is 0.756 e. The average Bonchev–Trinajstić information content (AvgIpc) is 1.56. The number of rotatable bonds is 77. The molecular formula is C84H158NO8P. The smallest absolute Gasteiger partial charge is 0.306 e. The van der Waals surface area contributed by atoms with Gasteiger partial charge >= 0.3 is 11.9 Å². The molecule has 0 aromatic heterocycles. The minimum atomic E-state index is -4.64. The second-order valence-corrected chi connectivity index (χ2v) is 30.5. The van der Waals surface area contributed by atoms with Crippen LogP contribution >= 0.6 is 7.82 Å². The highest BCUT2D eigenvalue weighted by Crippen LogP contribution is 2.38. The summed E-state index contributed by atoms with van der Waals surface area (Å²) < 4.78 is 34.4. The van der Waals surface area contributed by atoms with Gasteiger partial charge in [-0.2, -0.15) is 0 Å². The predicted molar refractivity (Wildman–Crippen MR) is 407 cm³/mol. The van der Waals surface area contributed by atoms with E-state index in [9.17, 15) is 19.0 Å². The zero-order valence-electron chi connectivity index (χ0n) is 63.2. The Labute approximate surface area is 585 Å². The maximum absolute atomic E-state index is 12.9. The van der Waals surface area contributed by atoms with Gasteiger partial charge in [0.25, 0.3) is 7.82 Å². The molecule has 9 nitrogen and oxygen atoms in total. The summed E-state index contributed by atoms with van der Waals surface area (Å²) in [5.74, 6) is -0.807. The Morgan fingerprint density at radius 2 is 0.606 bits per heavy atom. The van der Waals surface area contributed by atoms with Crippen molar-refractivity contribution in [2.75, 3.05) is 47.5 Å². The summed E-state index contributed by atoms with van der Waals surface area (Å²) >= 11 is 0. The molecule has 0 fully saturated rings. The number of quaternary nitrogens is 1. The fourth-order valence-corrected chi connectivity index (χ4v) is 13.1. The van der Waals surface area contributed by atoms with Crippen LogP contribution in [0.25, 0.3) is 0 Å². The first kappa shape index (κ1) is 91.7. The summed E-state index contributed by atoms with van der Waals surface area (Å²) in [5.41, 5.74) is 0. The number of hydrogen-bond donors (Lipinski definition) is 0. The number of unbranched alkanes of at least 4 members (excludes halogenated alkanes) is 53. The molecule has 0 radical (unpaired) electrons. The van der Waals surface area contributed by atoms with Crippen molar-refractivity contribution in [3.8, 4) is 0 Å². The molecule has 0 amide bonds. The molecule has 552 valence electrons. The number of nitrogens with zero attached hydrogens (tertiary/aromatic N) is 1. The maximum Gasteiger partial charge on any atom is 0.306 e. The second kappa shape index (κ2) is 74.9. The third kappa shape index (κ3) is 78.7. The molecule has 0 aliphatic rings. The van der Waals surface area contributed by atoms with Crippen LogP contribution in [0, 0.1) is 0 Å². The van der Waals surface area contributed by atoms with Gasteiger partial charge in [-0.05, 0) is 57.8 Å². The van der Waals surface area contributed by atoms with E-state index >= 15 is 0 Å². The normalized spacial score (nSPS) is 13.3. The van der Waals surface area contributed by atoms with Gasteiger partial charge in [0.1, 0.15) is 19.8 Å². The topological polar surface area (TPSA) is 111 Å². The van der Waals surface area contributed by atoms with Gasteiger partial charge in [-0.3, -0.25) is 14.2 Å². The van der Waals surface area contributed by atoms with E-state index in [1.54, 1.807) is 0 Å². The molecule has 0 rings (SSSR count). The van der Waals surface area contributed by atoms with Crippen molar-refractivity contribution in [1.82, 2.24) is 0 Å². The number of carbonyl (C=O) groups is 2. The van der Waals surface area contributed by atoms with Gasteiger partial charge < -0.3 is 27.9 Å². The van der Waals surface area contributed by atoms with Crippen molar-refractivity contribution in [3.63, 3.8) is 0 Å². The number of phosphoric ester groups is 1. The van der Waals surface area contributed by atoms with Gasteiger partial charge in [0.05, 0.1) is 27.7 Å². The molecule has 0 saturated heterocycles. The third-order valence-corrected chi connectivity index (χ3v) is 19.5. The van der Waals surface area contributed by atoms with Crippen LogP contribution in [-0.2, 0) is 32.7 Å². The van der Waals surface area contributed by atoms with E-state index in [0.29, 0.717) is 17.4 Å². The molecular weight excluding hydrogens is 1180 g/mol. The molecule has 0 heterocycles. The lowest BCUT2D eigenvalue weighted by molar-refractivity contribution is -0.870. The number of allylic oxidation sites excluding steroid dienone is 10. The van der Waals surface area contributed by atoms with Crippen LogP contribution in [-0.4, -0.2) is 70.0 Å². The molecule has 0 spiro atoms. The van der Waals surface area contributed by atoms with Gasteiger partial charge in [-0.1, -0.05) is 402 Å². The quantitative estimate of drug-likeness (QED) is 0.0195. The highest BCUT2D eigenvalue weighted by atomic mass is 31.2. The Morgan fingerprint density at radius 1 is 0.340 bits per heavy atom. The monoisotopic (exact) mass is 1340 g/mol. The molecule has 0 aromatic rings. The van der Waals surface area contributed by atoms with E-state index in [0.717, 1.165) is 64.2 Å². The Hall–Kier alpha value is -2.29. The van der Waals surface area contributed by atoms with Crippen molar-refractivity contribution in [2.24, 2.45) is 0 Å². The first-order valence-corrected chi connectivity index (χ1v) is 42.5. The van der Waals surface area contributed by atoms with Crippen molar-refractivity contribution >= 4 is 19.8 Å². The summed E-state index contributed by atoms with van der Waals surface area (Å²) in [6.07, 6.45) is 101. The summed E-state index contributed by atoms with van der Waals surface area (Å²) in [7, 11) is 1.19. The molecule has 0 aliphatic heterocycles. The van der Waals surface area contributed by atoms with E-state index in [4.69, 9.17) is 18.5 Å². The maximum atomic E-state index is 12.9. The minimum Gasteiger partial charge on any atom is -0.756 e. The number of likely N-dealkylation sites (N-methyl/N-ethyl adjacent to an activating group) is 1. The number of hydrogen-bond acceptors (Lipinski definition) is 8. The first-order chi connectivity index (χ1) is 46.0. The lowest BCUT2D eigenvalue weighted by Gasteiger charge is -2.28. The SMILES string of the molecule is CC/C=C\C/C=C\C/C=C\C/C=C\C/C=C\CCCCCCCCCCCCCCCCCCCCCCCCCC(=O)OC(COC(=O)CCCCCCCCCCCCCCCCCCCCCCCCCCCCCCCCC)COP(=O)([O-])OCC[N+](C)(C)C. The Morgan fingerprint density at radius 3 is 0.904 bits per heavy atom. The van der Waals surface area contributed by atoms with Crippen LogP contribution in [0.2, 0.25) is 0 Å². The fraction of sp³-hybridized carbons (Fsp3) is 0.857. The van der Waals surface area contributed by atoms with Gasteiger partial charge in [-0.25, -0.2) is 0 Å². The zero-order chi connectivity index (χ0) is 68.3. The van der Waals surface area contributed by atoms with E-state index in [1.165, 1.54) is 315 Å². The molecule has 0 aromatic carbocycles. The fourth-order valence-electron chi connectivity index (χ4n) is 12.3. The number of carbonyl (C=O) groups excluding carboxylic acids is 2. The van der Waals surface area contributed by atoms with Crippen LogP contribution in [0.3, 0.4) is 0 Å². The molecule has 94 heavy (non-hydrogen) atoms. The summed E-state index contributed by atoms with van der Waals surface area (Å²) in [6, 6.07) is 0. The average molecular weight is 1340 g/mol. The molecule has 2 unspecified atom stereocenters.